The number of aromatic carboxylic acids is 1. The van der Waals surface area contributed by atoms with Crippen LogP contribution in [0.1, 0.15) is 21.5 Å². The van der Waals surface area contributed by atoms with Gasteiger partial charge in [0.15, 0.2) is 0 Å². The first-order valence-electron chi connectivity index (χ1n) is 5.72. The maximum absolute atomic E-state index is 13.4. The van der Waals surface area contributed by atoms with Crippen molar-refractivity contribution in [1.82, 2.24) is 0 Å². The molecule has 0 amide bonds. The van der Waals surface area contributed by atoms with Gasteiger partial charge in [-0.05, 0) is 42.2 Å². The third-order valence-corrected chi connectivity index (χ3v) is 2.84. The summed E-state index contributed by atoms with van der Waals surface area (Å²) in [7, 11) is 0. The summed E-state index contributed by atoms with van der Waals surface area (Å²) in [6, 6.07) is 13.4. The number of hydrogen-bond acceptors (Lipinski definition) is 1. The van der Waals surface area contributed by atoms with E-state index in [0.717, 1.165) is 5.56 Å². The number of halogens is 1. The molecule has 2 aromatic carbocycles. The number of aryl methyl sites for hydroxylation is 2. The lowest BCUT2D eigenvalue weighted by atomic mass is 10.0. The van der Waals surface area contributed by atoms with Crippen LogP contribution in [0.2, 0.25) is 0 Å². The van der Waals surface area contributed by atoms with Crippen molar-refractivity contribution in [3.63, 3.8) is 0 Å². The Labute approximate surface area is 105 Å². The van der Waals surface area contributed by atoms with Gasteiger partial charge in [-0.1, -0.05) is 30.3 Å². The van der Waals surface area contributed by atoms with Gasteiger partial charge in [0.2, 0.25) is 0 Å². The molecule has 0 saturated heterocycles. The van der Waals surface area contributed by atoms with Gasteiger partial charge in [-0.25, -0.2) is 9.18 Å². The summed E-state index contributed by atoms with van der Waals surface area (Å²) in [5, 5.41) is 8.77. The molecule has 0 aliphatic carbocycles. The second-order valence-corrected chi connectivity index (χ2v) is 4.09. The Hall–Kier alpha value is -2.16. The van der Waals surface area contributed by atoms with Gasteiger partial charge >= 0.3 is 5.97 Å². The fourth-order valence-electron chi connectivity index (χ4n) is 1.79. The van der Waals surface area contributed by atoms with E-state index in [0.29, 0.717) is 18.4 Å². The summed E-state index contributed by atoms with van der Waals surface area (Å²) < 4.78 is 13.4. The van der Waals surface area contributed by atoms with Crippen LogP contribution in [-0.2, 0) is 12.8 Å². The summed E-state index contributed by atoms with van der Waals surface area (Å²) in [5.74, 6) is -1.13. The van der Waals surface area contributed by atoms with Crippen molar-refractivity contribution < 1.29 is 14.3 Å². The normalized spacial score (nSPS) is 10.3. The van der Waals surface area contributed by atoms with Gasteiger partial charge in [0, 0.05) is 0 Å². The second kappa shape index (κ2) is 5.45. The molecule has 0 saturated carbocycles. The van der Waals surface area contributed by atoms with Crippen molar-refractivity contribution in [2.24, 2.45) is 0 Å². The largest absolute Gasteiger partial charge is 0.478 e. The Bertz CT molecular complexity index is 547. The molecule has 18 heavy (non-hydrogen) atoms. The van der Waals surface area contributed by atoms with E-state index in [4.69, 9.17) is 5.11 Å². The summed E-state index contributed by atoms with van der Waals surface area (Å²) >= 11 is 0. The Balaban J connectivity index is 2.02. The van der Waals surface area contributed by atoms with Crippen molar-refractivity contribution in [3.8, 4) is 0 Å². The highest BCUT2D eigenvalue weighted by Crippen LogP contribution is 2.12. The molecule has 0 spiro atoms. The first-order valence-corrected chi connectivity index (χ1v) is 5.72. The molecule has 0 aliphatic rings. The Morgan fingerprint density at radius 2 is 1.67 bits per heavy atom. The van der Waals surface area contributed by atoms with Crippen LogP contribution in [0.25, 0.3) is 0 Å². The molecule has 0 fully saturated rings. The topological polar surface area (TPSA) is 37.3 Å². The smallest absolute Gasteiger partial charge is 0.335 e. The van der Waals surface area contributed by atoms with Crippen LogP contribution in [-0.4, -0.2) is 11.1 Å². The van der Waals surface area contributed by atoms with Crippen LogP contribution in [0.3, 0.4) is 0 Å². The minimum atomic E-state index is -0.935. The van der Waals surface area contributed by atoms with Gasteiger partial charge < -0.3 is 5.11 Å². The number of benzene rings is 2. The Kier molecular flexibility index (Phi) is 3.72. The molecule has 2 nitrogen and oxygen atoms in total. The summed E-state index contributed by atoms with van der Waals surface area (Å²) in [6.45, 7) is 0. The Morgan fingerprint density at radius 1 is 1.00 bits per heavy atom. The number of carbonyl (C=O) groups is 1. The predicted molar refractivity (Wildman–Crippen MR) is 67.2 cm³/mol. The van der Waals surface area contributed by atoms with E-state index in [2.05, 4.69) is 0 Å². The molecule has 2 rings (SSSR count). The molecule has 0 heterocycles. The zero-order chi connectivity index (χ0) is 13.0. The highest BCUT2D eigenvalue weighted by atomic mass is 19.1. The monoisotopic (exact) mass is 244 g/mol. The molecular weight excluding hydrogens is 231 g/mol. The SMILES string of the molecule is O=C(O)c1ccc(CCc2ccccc2F)cc1. The molecule has 92 valence electrons. The molecule has 3 heteroatoms. The van der Waals surface area contributed by atoms with Crippen LogP contribution in [0, 0.1) is 5.82 Å². The van der Waals surface area contributed by atoms with Gasteiger partial charge in [0.25, 0.3) is 0 Å². The van der Waals surface area contributed by atoms with E-state index in [-0.39, 0.29) is 11.4 Å². The van der Waals surface area contributed by atoms with Crippen molar-refractivity contribution in [2.45, 2.75) is 12.8 Å². The van der Waals surface area contributed by atoms with Crippen molar-refractivity contribution in [2.75, 3.05) is 0 Å². The van der Waals surface area contributed by atoms with Gasteiger partial charge in [-0.3, -0.25) is 0 Å². The zero-order valence-corrected chi connectivity index (χ0v) is 9.77. The van der Waals surface area contributed by atoms with Crippen LogP contribution in [0.15, 0.2) is 48.5 Å². The van der Waals surface area contributed by atoms with E-state index in [9.17, 15) is 9.18 Å². The molecule has 1 N–H and O–H groups in total. The third-order valence-electron chi connectivity index (χ3n) is 2.84. The number of carboxylic acids is 1. The van der Waals surface area contributed by atoms with Crippen LogP contribution < -0.4 is 0 Å². The van der Waals surface area contributed by atoms with E-state index in [1.807, 2.05) is 6.07 Å². The molecular formula is C15H13FO2. The van der Waals surface area contributed by atoms with Crippen LogP contribution in [0.4, 0.5) is 4.39 Å². The zero-order valence-electron chi connectivity index (χ0n) is 9.77. The highest BCUT2D eigenvalue weighted by molar-refractivity contribution is 5.87. The fraction of sp³-hybridized carbons (Fsp3) is 0.133. The number of carboxylic acid groups (broad SMARTS) is 1. The highest BCUT2D eigenvalue weighted by Gasteiger charge is 2.03. The first kappa shape index (κ1) is 12.3. The van der Waals surface area contributed by atoms with Crippen molar-refractivity contribution in [1.29, 1.82) is 0 Å². The molecule has 0 aliphatic heterocycles. The lowest BCUT2D eigenvalue weighted by Gasteiger charge is -2.04. The fourth-order valence-corrected chi connectivity index (χ4v) is 1.79. The van der Waals surface area contributed by atoms with Gasteiger partial charge in [0.1, 0.15) is 5.82 Å². The third kappa shape index (κ3) is 2.94. The molecule has 0 unspecified atom stereocenters. The summed E-state index contributed by atoms with van der Waals surface area (Å²) in [4.78, 5) is 10.7. The van der Waals surface area contributed by atoms with Crippen molar-refractivity contribution in [3.05, 3.63) is 71.0 Å². The standard InChI is InChI=1S/C15H13FO2/c16-14-4-2-1-3-12(14)8-5-11-6-9-13(10-7-11)15(17)18/h1-4,6-7,9-10H,5,8H2,(H,17,18). The van der Waals surface area contributed by atoms with E-state index in [1.54, 1.807) is 36.4 Å². The predicted octanol–water partition coefficient (Wildman–Crippen LogP) is 3.31. The van der Waals surface area contributed by atoms with Gasteiger partial charge in [0.05, 0.1) is 5.56 Å². The van der Waals surface area contributed by atoms with Crippen LogP contribution in [0.5, 0.6) is 0 Å². The minimum absolute atomic E-state index is 0.195. The Morgan fingerprint density at radius 3 is 2.28 bits per heavy atom. The summed E-state index contributed by atoms with van der Waals surface area (Å²) in [6.07, 6.45) is 1.31. The maximum atomic E-state index is 13.4. The van der Waals surface area contributed by atoms with E-state index >= 15 is 0 Å². The van der Waals surface area contributed by atoms with Gasteiger partial charge in [-0.2, -0.15) is 0 Å². The maximum Gasteiger partial charge on any atom is 0.335 e. The molecule has 2 aromatic rings. The molecule has 0 bridgehead atoms. The second-order valence-electron chi connectivity index (χ2n) is 4.09. The molecule has 0 radical (unpaired) electrons. The lowest BCUT2D eigenvalue weighted by molar-refractivity contribution is 0.0697. The van der Waals surface area contributed by atoms with Crippen molar-refractivity contribution >= 4 is 5.97 Å². The molecule has 0 atom stereocenters. The van der Waals surface area contributed by atoms with E-state index in [1.165, 1.54) is 6.07 Å². The molecule has 0 aromatic heterocycles. The summed E-state index contributed by atoms with van der Waals surface area (Å²) in [5.41, 5.74) is 1.95. The lowest BCUT2D eigenvalue weighted by Crippen LogP contribution is -1.98. The number of rotatable bonds is 4. The average Bonchev–Trinajstić information content (AvgIpc) is 2.38. The average molecular weight is 244 g/mol. The van der Waals surface area contributed by atoms with E-state index < -0.39 is 5.97 Å². The van der Waals surface area contributed by atoms with Gasteiger partial charge in [-0.15, -0.1) is 0 Å². The number of hydrogen-bond donors (Lipinski definition) is 1. The quantitative estimate of drug-likeness (QED) is 0.895. The van der Waals surface area contributed by atoms with Crippen LogP contribution >= 0.6 is 0 Å². The first-order chi connectivity index (χ1) is 8.66. The minimum Gasteiger partial charge on any atom is -0.478 e.